The van der Waals surface area contributed by atoms with Gasteiger partial charge in [-0.3, -0.25) is 0 Å². The topological polar surface area (TPSA) is 12.0 Å². The number of aryl methyl sites for hydroxylation is 1. The fourth-order valence-electron chi connectivity index (χ4n) is 2.96. The van der Waals surface area contributed by atoms with Crippen LogP contribution in [0.1, 0.15) is 31.4 Å². The first kappa shape index (κ1) is 11.3. The molecule has 1 N–H and O–H groups in total. The summed E-state index contributed by atoms with van der Waals surface area (Å²) < 4.78 is 0. The third-order valence-corrected chi connectivity index (χ3v) is 3.90. The van der Waals surface area contributed by atoms with E-state index in [1.165, 1.54) is 29.7 Å². The molecule has 2 aromatic carbocycles. The maximum Gasteiger partial charge on any atom is 0.0425 e. The first-order chi connectivity index (χ1) is 8.67. The Morgan fingerprint density at radius 3 is 2.50 bits per heavy atom. The van der Waals surface area contributed by atoms with Crippen molar-refractivity contribution in [3.05, 3.63) is 59.7 Å². The molecule has 0 heterocycles. The Kier molecular flexibility index (Phi) is 2.62. The van der Waals surface area contributed by atoms with Gasteiger partial charge < -0.3 is 5.32 Å². The van der Waals surface area contributed by atoms with E-state index in [0.29, 0.717) is 0 Å². The number of hydrogen-bond donors (Lipinski definition) is 1. The number of rotatable bonds is 2. The van der Waals surface area contributed by atoms with E-state index in [1.54, 1.807) is 0 Å². The lowest BCUT2D eigenvalue weighted by molar-refractivity contribution is 0.523. The zero-order valence-corrected chi connectivity index (χ0v) is 11.0. The van der Waals surface area contributed by atoms with Gasteiger partial charge in [0.25, 0.3) is 0 Å². The van der Waals surface area contributed by atoms with E-state index < -0.39 is 0 Å². The molecule has 18 heavy (non-hydrogen) atoms. The fraction of sp³-hybridized carbons (Fsp3) is 0.294. The van der Waals surface area contributed by atoms with Gasteiger partial charge in [0.05, 0.1) is 0 Å². The van der Waals surface area contributed by atoms with Gasteiger partial charge in [0.15, 0.2) is 0 Å². The number of nitrogens with one attached hydrogen (secondary N) is 1. The molecule has 0 aromatic heterocycles. The Hall–Kier alpha value is -1.76. The van der Waals surface area contributed by atoms with E-state index in [0.717, 1.165) is 5.69 Å². The first-order valence-corrected chi connectivity index (χ1v) is 6.61. The molecule has 0 saturated heterocycles. The van der Waals surface area contributed by atoms with Gasteiger partial charge in [-0.1, -0.05) is 44.2 Å². The lowest BCUT2D eigenvalue weighted by Crippen LogP contribution is -2.14. The highest BCUT2D eigenvalue weighted by atomic mass is 14.9. The molecule has 0 bridgehead atoms. The summed E-state index contributed by atoms with van der Waals surface area (Å²) in [5.41, 5.74) is 5.71. The largest absolute Gasteiger partial charge is 0.355 e. The van der Waals surface area contributed by atoms with Gasteiger partial charge in [0, 0.05) is 11.4 Å². The average Bonchev–Trinajstić information content (AvgIpc) is 2.68. The van der Waals surface area contributed by atoms with Gasteiger partial charge in [0.1, 0.15) is 0 Å². The molecule has 0 spiro atoms. The minimum atomic E-state index is 0.285. The van der Waals surface area contributed by atoms with Crippen molar-refractivity contribution in [2.75, 3.05) is 5.32 Å². The second-order valence-electron chi connectivity index (χ2n) is 5.71. The van der Waals surface area contributed by atoms with Crippen molar-refractivity contribution in [1.29, 1.82) is 0 Å². The molecule has 0 amide bonds. The van der Waals surface area contributed by atoms with Gasteiger partial charge in [-0.25, -0.2) is 0 Å². The van der Waals surface area contributed by atoms with E-state index in [9.17, 15) is 0 Å². The molecule has 1 heteroatoms. The molecule has 0 fully saturated rings. The highest BCUT2D eigenvalue weighted by Gasteiger charge is 2.31. The Balaban J connectivity index is 2.02. The minimum Gasteiger partial charge on any atom is -0.355 e. The van der Waals surface area contributed by atoms with E-state index in [1.807, 2.05) is 6.07 Å². The molecule has 0 radical (unpaired) electrons. The quantitative estimate of drug-likeness (QED) is 0.801. The third kappa shape index (κ3) is 1.90. The fourth-order valence-corrected chi connectivity index (χ4v) is 2.96. The summed E-state index contributed by atoms with van der Waals surface area (Å²) in [6.45, 7) is 4.68. The monoisotopic (exact) mass is 237 g/mol. The molecule has 1 aliphatic rings. The lowest BCUT2D eigenvalue weighted by Gasteiger charge is -2.23. The van der Waals surface area contributed by atoms with E-state index in [-0.39, 0.29) is 5.41 Å². The van der Waals surface area contributed by atoms with Crippen LogP contribution in [0.4, 0.5) is 11.4 Å². The van der Waals surface area contributed by atoms with E-state index >= 15 is 0 Å². The summed E-state index contributed by atoms with van der Waals surface area (Å²) in [6, 6.07) is 17.0. The van der Waals surface area contributed by atoms with Crippen molar-refractivity contribution in [2.24, 2.45) is 0 Å². The van der Waals surface area contributed by atoms with Crippen LogP contribution in [0.5, 0.6) is 0 Å². The van der Waals surface area contributed by atoms with Crippen LogP contribution in [0.15, 0.2) is 48.5 Å². The zero-order chi connectivity index (χ0) is 12.6. The van der Waals surface area contributed by atoms with E-state index in [4.69, 9.17) is 0 Å². The first-order valence-electron chi connectivity index (χ1n) is 6.61. The maximum absolute atomic E-state index is 3.56. The molecule has 0 unspecified atom stereocenters. The molecule has 0 aliphatic heterocycles. The molecule has 0 atom stereocenters. The summed E-state index contributed by atoms with van der Waals surface area (Å²) in [6.07, 6.45) is 2.45. The summed E-state index contributed by atoms with van der Waals surface area (Å²) >= 11 is 0. The van der Waals surface area contributed by atoms with Crippen LogP contribution >= 0.6 is 0 Å². The van der Waals surface area contributed by atoms with Crippen molar-refractivity contribution in [2.45, 2.75) is 32.1 Å². The van der Waals surface area contributed by atoms with Crippen LogP contribution in [0.2, 0.25) is 0 Å². The number of hydrogen-bond acceptors (Lipinski definition) is 1. The summed E-state index contributed by atoms with van der Waals surface area (Å²) in [5.74, 6) is 0. The smallest absolute Gasteiger partial charge is 0.0425 e. The number of para-hydroxylation sites is 1. The van der Waals surface area contributed by atoms with Gasteiger partial charge in [0.2, 0.25) is 0 Å². The molecule has 0 saturated carbocycles. The number of anilines is 2. The predicted molar refractivity (Wildman–Crippen MR) is 77.5 cm³/mol. The van der Waals surface area contributed by atoms with Crippen LogP contribution in [0, 0.1) is 0 Å². The van der Waals surface area contributed by atoms with Gasteiger partial charge >= 0.3 is 0 Å². The second kappa shape index (κ2) is 4.16. The summed E-state index contributed by atoms with van der Waals surface area (Å²) in [5, 5.41) is 3.56. The standard InChI is InChI=1S/C17H19N/c1-17(2)12-11-13-7-6-10-15(16(13)17)18-14-8-4-3-5-9-14/h3-10,18H,11-12H2,1-2H3. The minimum absolute atomic E-state index is 0.285. The van der Waals surface area contributed by atoms with Crippen molar-refractivity contribution >= 4 is 11.4 Å². The Labute approximate surface area is 109 Å². The zero-order valence-electron chi connectivity index (χ0n) is 11.0. The van der Waals surface area contributed by atoms with Crippen LogP contribution < -0.4 is 5.32 Å². The SMILES string of the molecule is CC1(C)CCc2cccc(Nc3ccccc3)c21. The molecule has 2 aromatic rings. The van der Waals surface area contributed by atoms with Crippen molar-refractivity contribution < 1.29 is 0 Å². The van der Waals surface area contributed by atoms with Gasteiger partial charge in [-0.15, -0.1) is 0 Å². The van der Waals surface area contributed by atoms with Gasteiger partial charge in [-0.05, 0) is 47.6 Å². The number of fused-ring (bicyclic) bond motifs is 1. The molecular weight excluding hydrogens is 218 g/mol. The molecule has 1 nitrogen and oxygen atoms in total. The highest BCUT2D eigenvalue weighted by molar-refractivity contribution is 5.67. The predicted octanol–water partition coefficient (Wildman–Crippen LogP) is 4.65. The lowest BCUT2D eigenvalue weighted by atomic mass is 9.85. The summed E-state index contributed by atoms with van der Waals surface area (Å²) in [4.78, 5) is 0. The van der Waals surface area contributed by atoms with Crippen LogP contribution in [0.25, 0.3) is 0 Å². The highest BCUT2D eigenvalue weighted by Crippen LogP contribution is 2.43. The Morgan fingerprint density at radius 2 is 1.72 bits per heavy atom. The second-order valence-corrected chi connectivity index (χ2v) is 5.71. The van der Waals surface area contributed by atoms with Crippen LogP contribution in [-0.2, 0) is 11.8 Å². The molecule has 92 valence electrons. The Morgan fingerprint density at radius 1 is 0.944 bits per heavy atom. The average molecular weight is 237 g/mol. The Bertz CT molecular complexity index is 555. The maximum atomic E-state index is 3.56. The van der Waals surface area contributed by atoms with Crippen molar-refractivity contribution in [1.82, 2.24) is 0 Å². The van der Waals surface area contributed by atoms with Crippen LogP contribution in [0.3, 0.4) is 0 Å². The van der Waals surface area contributed by atoms with E-state index in [2.05, 4.69) is 61.6 Å². The van der Waals surface area contributed by atoms with Crippen molar-refractivity contribution in [3.63, 3.8) is 0 Å². The van der Waals surface area contributed by atoms with Crippen LogP contribution in [-0.4, -0.2) is 0 Å². The summed E-state index contributed by atoms with van der Waals surface area (Å²) in [7, 11) is 0. The molecular formula is C17H19N. The third-order valence-electron chi connectivity index (χ3n) is 3.90. The molecule has 3 rings (SSSR count). The van der Waals surface area contributed by atoms with Gasteiger partial charge in [-0.2, -0.15) is 0 Å². The normalized spacial score (nSPS) is 16.3. The number of benzene rings is 2. The molecule has 1 aliphatic carbocycles. The van der Waals surface area contributed by atoms with Crippen molar-refractivity contribution in [3.8, 4) is 0 Å².